The third-order valence-corrected chi connectivity index (χ3v) is 2.03. The highest BCUT2D eigenvalue weighted by Crippen LogP contribution is 2.29. The first-order valence-corrected chi connectivity index (χ1v) is 4.95. The largest absolute Gasteiger partial charge is 0.475 e. The monoisotopic (exact) mass is 250 g/mol. The van der Waals surface area contributed by atoms with Crippen molar-refractivity contribution < 1.29 is 22.7 Å². The molecule has 7 heteroatoms. The zero-order valence-corrected chi connectivity index (χ0v) is 9.20. The van der Waals surface area contributed by atoms with Crippen LogP contribution >= 0.6 is 0 Å². The van der Waals surface area contributed by atoms with Gasteiger partial charge in [-0.05, 0) is 13.0 Å². The average Bonchev–Trinajstić information content (AvgIpc) is 2.26. The molecule has 1 unspecified atom stereocenters. The number of rotatable bonds is 5. The number of aromatic nitrogens is 1. The molecule has 0 fully saturated rings. The highest BCUT2D eigenvalue weighted by atomic mass is 19.4. The van der Waals surface area contributed by atoms with Gasteiger partial charge >= 0.3 is 6.18 Å². The van der Waals surface area contributed by atoms with E-state index in [0.29, 0.717) is 13.0 Å². The van der Waals surface area contributed by atoms with Crippen LogP contribution in [-0.2, 0) is 11.0 Å². The van der Waals surface area contributed by atoms with Crippen molar-refractivity contribution in [1.29, 1.82) is 0 Å². The molecule has 17 heavy (non-hydrogen) atoms. The minimum absolute atomic E-state index is 0.141. The summed E-state index contributed by atoms with van der Waals surface area (Å²) < 4.78 is 42.0. The Labute approximate surface area is 96.5 Å². The molecule has 2 N–H and O–H groups in total. The molecule has 0 bridgehead atoms. The summed E-state index contributed by atoms with van der Waals surface area (Å²) in [6.07, 6.45) is -3.35. The van der Waals surface area contributed by atoms with Crippen molar-refractivity contribution in [3.63, 3.8) is 0 Å². The first-order chi connectivity index (χ1) is 7.93. The molecule has 1 aromatic rings. The number of alkyl halides is 3. The summed E-state index contributed by atoms with van der Waals surface area (Å²) in [4.78, 5) is 7.94. The topological polar surface area (TPSA) is 57.4 Å². The zero-order chi connectivity index (χ0) is 12.9. The van der Waals surface area contributed by atoms with Gasteiger partial charge in [0.25, 0.3) is 0 Å². The Morgan fingerprint density at radius 2 is 2.12 bits per heavy atom. The molecule has 0 radical (unpaired) electrons. The van der Waals surface area contributed by atoms with Gasteiger partial charge in [0.2, 0.25) is 5.88 Å². The Morgan fingerprint density at radius 1 is 1.41 bits per heavy atom. The summed E-state index contributed by atoms with van der Waals surface area (Å²) in [5, 5.41) is 0. The standard InChI is InChI=1S/C10H13F3N2O2/c1-7(4-5-16-14)17-9-3-2-8(6-15-9)10(11,12)13/h2-3,6-7H,4-5,14H2,1H3. The number of hydrogen-bond donors (Lipinski definition) is 1. The second-order valence-corrected chi connectivity index (χ2v) is 3.47. The molecule has 96 valence electrons. The molecule has 0 saturated heterocycles. The predicted molar refractivity (Wildman–Crippen MR) is 54.1 cm³/mol. The van der Waals surface area contributed by atoms with Crippen LogP contribution in [0.15, 0.2) is 18.3 Å². The summed E-state index contributed by atoms with van der Waals surface area (Å²) in [7, 11) is 0. The van der Waals surface area contributed by atoms with E-state index < -0.39 is 11.7 Å². The highest BCUT2D eigenvalue weighted by molar-refractivity contribution is 5.20. The number of halogens is 3. The molecule has 0 aromatic carbocycles. The van der Waals surface area contributed by atoms with E-state index in [4.69, 9.17) is 10.6 Å². The third kappa shape index (κ3) is 4.58. The molecule has 1 atom stereocenters. The van der Waals surface area contributed by atoms with Crippen LogP contribution in [0.25, 0.3) is 0 Å². The van der Waals surface area contributed by atoms with Gasteiger partial charge in [0, 0.05) is 18.7 Å². The Bertz CT molecular complexity index is 340. The number of hydrogen-bond acceptors (Lipinski definition) is 4. The van der Waals surface area contributed by atoms with Crippen molar-refractivity contribution in [2.24, 2.45) is 5.90 Å². The second kappa shape index (κ2) is 5.83. The van der Waals surface area contributed by atoms with Gasteiger partial charge in [0.05, 0.1) is 18.3 Å². The van der Waals surface area contributed by atoms with Gasteiger partial charge in [-0.3, -0.25) is 0 Å². The van der Waals surface area contributed by atoms with E-state index in [-0.39, 0.29) is 12.0 Å². The molecule has 1 aromatic heterocycles. The lowest BCUT2D eigenvalue weighted by Crippen LogP contribution is -2.17. The van der Waals surface area contributed by atoms with Crippen molar-refractivity contribution in [2.45, 2.75) is 25.6 Å². The Morgan fingerprint density at radius 3 is 2.59 bits per heavy atom. The SMILES string of the molecule is CC(CCON)Oc1ccc(C(F)(F)F)cn1. The number of nitrogens with zero attached hydrogens (tertiary/aromatic N) is 1. The molecular weight excluding hydrogens is 237 g/mol. The second-order valence-electron chi connectivity index (χ2n) is 3.47. The fourth-order valence-electron chi connectivity index (χ4n) is 1.12. The summed E-state index contributed by atoms with van der Waals surface area (Å²) in [5.41, 5.74) is -0.803. The molecule has 0 amide bonds. The van der Waals surface area contributed by atoms with Crippen molar-refractivity contribution in [2.75, 3.05) is 6.61 Å². The lowest BCUT2D eigenvalue weighted by atomic mass is 10.3. The maximum absolute atomic E-state index is 12.2. The molecule has 0 aliphatic carbocycles. The van der Waals surface area contributed by atoms with Gasteiger partial charge in [0.1, 0.15) is 0 Å². The van der Waals surface area contributed by atoms with E-state index in [1.54, 1.807) is 6.92 Å². The quantitative estimate of drug-likeness (QED) is 0.813. The van der Waals surface area contributed by atoms with E-state index in [9.17, 15) is 13.2 Å². The first-order valence-electron chi connectivity index (χ1n) is 4.95. The van der Waals surface area contributed by atoms with Crippen LogP contribution < -0.4 is 10.6 Å². The van der Waals surface area contributed by atoms with E-state index in [2.05, 4.69) is 9.82 Å². The van der Waals surface area contributed by atoms with Crippen LogP contribution in [0, 0.1) is 0 Å². The third-order valence-electron chi connectivity index (χ3n) is 2.03. The van der Waals surface area contributed by atoms with Gasteiger partial charge in [-0.2, -0.15) is 13.2 Å². The maximum atomic E-state index is 12.2. The van der Waals surface area contributed by atoms with Gasteiger partial charge in [0.15, 0.2) is 0 Å². The molecule has 1 rings (SSSR count). The van der Waals surface area contributed by atoms with Crippen LogP contribution in [0.2, 0.25) is 0 Å². The van der Waals surface area contributed by atoms with Gasteiger partial charge in [-0.25, -0.2) is 10.9 Å². The van der Waals surface area contributed by atoms with Crippen LogP contribution in [0.5, 0.6) is 5.88 Å². The van der Waals surface area contributed by atoms with Gasteiger partial charge in [-0.1, -0.05) is 0 Å². The molecule has 1 heterocycles. The van der Waals surface area contributed by atoms with Crippen LogP contribution in [0.4, 0.5) is 13.2 Å². The van der Waals surface area contributed by atoms with E-state index in [0.717, 1.165) is 12.3 Å². The molecule has 0 spiro atoms. The van der Waals surface area contributed by atoms with Crippen molar-refractivity contribution in [3.05, 3.63) is 23.9 Å². The van der Waals surface area contributed by atoms with Crippen LogP contribution in [0.3, 0.4) is 0 Å². The molecular formula is C10H13F3N2O2. The number of pyridine rings is 1. The normalized spacial score (nSPS) is 13.5. The smallest absolute Gasteiger partial charge is 0.417 e. The highest BCUT2D eigenvalue weighted by Gasteiger charge is 2.30. The summed E-state index contributed by atoms with van der Waals surface area (Å²) in [5.74, 6) is 4.98. The van der Waals surface area contributed by atoms with Gasteiger partial charge in [-0.15, -0.1) is 0 Å². The maximum Gasteiger partial charge on any atom is 0.417 e. The molecule has 0 saturated carbocycles. The minimum Gasteiger partial charge on any atom is -0.475 e. The fourth-order valence-corrected chi connectivity index (χ4v) is 1.12. The average molecular weight is 250 g/mol. The summed E-state index contributed by atoms with van der Waals surface area (Å²) in [6, 6.07) is 2.11. The van der Waals surface area contributed by atoms with E-state index in [1.165, 1.54) is 6.07 Å². The minimum atomic E-state index is -4.38. The number of nitrogens with two attached hydrogens (primary N) is 1. The lowest BCUT2D eigenvalue weighted by molar-refractivity contribution is -0.137. The molecule has 0 aliphatic heterocycles. The predicted octanol–water partition coefficient (Wildman–Crippen LogP) is 2.15. The number of ether oxygens (including phenoxy) is 1. The Balaban J connectivity index is 2.56. The van der Waals surface area contributed by atoms with Crippen molar-refractivity contribution in [1.82, 2.24) is 4.98 Å². The van der Waals surface area contributed by atoms with Crippen molar-refractivity contribution >= 4 is 0 Å². The van der Waals surface area contributed by atoms with E-state index >= 15 is 0 Å². The van der Waals surface area contributed by atoms with Crippen LogP contribution in [0.1, 0.15) is 18.9 Å². The molecule has 4 nitrogen and oxygen atoms in total. The molecule has 0 aliphatic rings. The first kappa shape index (κ1) is 13.7. The van der Waals surface area contributed by atoms with Gasteiger partial charge < -0.3 is 9.57 Å². The van der Waals surface area contributed by atoms with E-state index in [1.807, 2.05) is 0 Å². The fraction of sp³-hybridized carbons (Fsp3) is 0.500. The zero-order valence-electron chi connectivity index (χ0n) is 9.20. The van der Waals surface area contributed by atoms with Crippen LogP contribution in [-0.4, -0.2) is 17.7 Å². The summed E-state index contributed by atoms with van der Waals surface area (Å²) in [6.45, 7) is 2.06. The Kier molecular flexibility index (Phi) is 4.71. The summed E-state index contributed by atoms with van der Waals surface area (Å²) >= 11 is 0. The lowest BCUT2D eigenvalue weighted by Gasteiger charge is -2.13. The van der Waals surface area contributed by atoms with Crippen molar-refractivity contribution in [3.8, 4) is 5.88 Å². The Hall–Kier alpha value is -1.34.